The maximum absolute atomic E-state index is 12.4. The Morgan fingerprint density at radius 1 is 1.35 bits per heavy atom. The van der Waals surface area contributed by atoms with E-state index in [9.17, 15) is 9.59 Å². The Bertz CT molecular complexity index is 578. The Hall–Kier alpha value is -2.08. The Balaban J connectivity index is 2.05. The van der Waals surface area contributed by atoms with Crippen LogP contribution in [0, 0.1) is 6.92 Å². The molecule has 0 spiro atoms. The van der Waals surface area contributed by atoms with Crippen LogP contribution < -0.4 is 10.1 Å². The molecule has 0 saturated carbocycles. The molecule has 2 N–H and O–H groups in total. The summed E-state index contributed by atoms with van der Waals surface area (Å²) in [5, 5.41) is 12.0. The largest absolute Gasteiger partial charge is 0.496 e. The van der Waals surface area contributed by atoms with Gasteiger partial charge in [0.2, 0.25) is 5.91 Å². The standard InChI is InChI=1S/C17H23NO5/c1-12-3-4-13(9-14(12)22-2)10-15(19)18-17(11-16(20)21)5-7-23-8-6-17/h3-4,9H,5-8,10-11H2,1-2H3,(H,18,19)(H,20,21). The Morgan fingerprint density at radius 2 is 2.04 bits per heavy atom. The van der Waals surface area contributed by atoms with Crippen LogP contribution >= 0.6 is 0 Å². The van der Waals surface area contributed by atoms with Gasteiger partial charge in [0.1, 0.15) is 5.75 Å². The highest BCUT2D eigenvalue weighted by atomic mass is 16.5. The van der Waals surface area contributed by atoms with Crippen LogP contribution in [0.3, 0.4) is 0 Å². The smallest absolute Gasteiger partial charge is 0.305 e. The number of carboxylic acid groups (broad SMARTS) is 1. The summed E-state index contributed by atoms with van der Waals surface area (Å²) in [6, 6.07) is 5.62. The number of hydrogen-bond donors (Lipinski definition) is 2. The second-order valence-corrected chi connectivity index (χ2v) is 5.99. The number of amides is 1. The fourth-order valence-electron chi connectivity index (χ4n) is 2.90. The molecule has 0 aliphatic carbocycles. The van der Waals surface area contributed by atoms with Gasteiger partial charge >= 0.3 is 5.97 Å². The van der Waals surface area contributed by atoms with Crippen LogP contribution in [0.1, 0.15) is 30.4 Å². The van der Waals surface area contributed by atoms with Crippen LogP contribution in [-0.2, 0) is 20.7 Å². The number of aryl methyl sites for hydroxylation is 1. The van der Waals surface area contributed by atoms with Crippen LogP contribution in [0.5, 0.6) is 5.75 Å². The van der Waals surface area contributed by atoms with E-state index in [1.807, 2.05) is 25.1 Å². The maximum Gasteiger partial charge on any atom is 0.305 e. The normalized spacial score (nSPS) is 16.6. The Morgan fingerprint density at radius 3 is 2.65 bits per heavy atom. The molecule has 23 heavy (non-hydrogen) atoms. The zero-order valence-corrected chi connectivity index (χ0v) is 13.6. The average Bonchev–Trinajstić information content (AvgIpc) is 2.49. The van der Waals surface area contributed by atoms with Crippen molar-refractivity contribution < 1.29 is 24.2 Å². The minimum absolute atomic E-state index is 0.0840. The van der Waals surface area contributed by atoms with Gasteiger partial charge < -0.3 is 19.9 Å². The average molecular weight is 321 g/mol. The molecule has 1 heterocycles. The van der Waals surface area contributed by atoms with E-state index in [0.29, 0.717) is 26.1 Å². The molecular formula is C17H23NO5. The van der Waals surface area contributed by atoms with E-state index in [0.717, 1.165) is 16.9 Å². The third-order valence-electron chi connectivity index (χ3n) is 4.18. The quantitative estimate of drug-likeness (QED) is 0.833. The van der Waals surface area contributed by atoms with E-state index in [-0.39, 0.29) is 18.7 Å². The summed E-state index contributed by atoms with van der Waals surface area (Å²) in [5.74, 6) is -0.357. The van der Waals surface area contributed by atoms with Gasteiger partial charge in [-0.3, -0.25) is 9.59 Å². The first kappa shape index (κ1) is 17.3. The number of carboxylic acids is 1. The number of carbonyl (C=O) groups is 2. The molecule has 1 aromatic rings. The highest BCUT2D eigenvalue weighted by Crippen LogP contribution is 2.25. The first-order valence-corrected chi connectivity index (χ1v) is 7.68. The van der Waals surface area contributed by atoms with Crippen molar-refractivity contribution in [2.24, 2.45) is 0 Å². The minimum Gasteiger partial charge on any atom is -0.496 e. The van der Waals surface area contributed by atoms with E-state index < -0.39 is 11.5 Å². The minimum atomic E-state index is -0.913. The lowest BCUT2D eigenvalue weighted by atomic mass is 9.86. The molecule has 1 fully saturated rings. The molecule has 1 amide bonds. The second-order valence-electron chi connectivity index (χ2n) is 5.99. The first-order valence-electron chi connectivity index (χ1n) is 7.68. The van der Waals surface area contributed by atoms with Gasteiger partial charge in [-0.1, -0.05) is 12.1 Å². The van der Waals surface area contributed by atoms with Crippen molar-refractivity contribution in [3.63, 3.8) is 0 Å². The van der Waals surface area contributed by atoms with Gasteiger partial charge in [-0.15, -0.1) is 0 Å². The number of aliphatic carboxylic acids is 1. The van der Waals surface area contributed by atoms with Gasteiger partial charge in [0.25, 0.3) is 0 Å². The van der Waals surface area contributed by atoms with Gasteiger partial charge in [-0.05, 0) is 37.0 Å². The molecular weight excluding hydrogens is 298 g/mol. The van der Waals surface area contributed by atoms with Gasteiger partial charge in [0, 0.05) is 13.2 Å². The van der Waals surface area contributed by atoms with Crippen molar-refractivity contribution in [1.29, 1.82) is 0 Å². The number of rotatable bonds is 6. The lowest BCUT2D eigenvalue weighted by molar-refractivity contribution is -0.140. The number of methoxy groups -OCH3 is 1. The van der Waals surface area contributed by atoms with E-state index >= 15 is 0 Å². The maximum atomic E-state index is 12.4. The zero-order chi connectivity index (χ0) is 16.9. The molecule has 0 atom stereocenters. The van der Waals surface area contributed by atoms with Crippen molar-refractivity contribution in [3.8, 4) is 5.75 Å². The molecule has 6 heteroatoms. The van der Waals surface area contributed by atoms with Crippen molar-refractivity contribution in [2.75, 3.05) is 20.3 Å². The predicted octanol–water partition coefficient (Wildman–Crippen LogP) is 1.69. The zero-order valence-electron chi connectivity index (χ0n) is 13.6. The summed E-state index contributed by atoms with van der Waals surface area (Å²) >= 11 is 0. The van der Waals surface area contributed by atoms with Crippen LogP contribution in [0.25, 0.3) is 0 Å². The van der Waals surface area contributed by atoms with E-state index in [4.69, 9.17) is 14.6 Å². The summed E-state index contributed by atoms with van der Waals surface area (Å²) in [7, 11) is 1.59. The topological polar surface area (TPSA) is 84.9 Å². The van der Waals surface area contributed by atoms with E-state index in [2.05, 4.69) is 5.32 Å². The Kier molecular flexibility index (Phi) is 5.60. The number of hydrogen-bond acceptors (Lipinski definition) is 4. The fraction of sp³-hybridized carbons (Fsp3) is 0.529. The van der Waals surface area contributed by atoms with Crippen LogP contribution in [-0.4, -0.2) is 42.8 Å². The van der Waals surface area contributed by atoms with Crippen molar-refractivity contribution >= 4 is 11.9 Å². The summed E-state index contributed by atoms with van der Waals surface area (Å²) < 4.78 is 10.6. The highest BCUT2D eigenvalue weighted by molar-refractivity contribution is 5.80. The van der Waals surface area contributed by atoms with Gasteiger partial charge in [-0.25, -0.2) is 0 Å². The molecule has 126 valence electrons. The summed E-state index contributed by atoms with van der Waals surface area (Å²) in [6.45, 7) is 2.87. The number of benzene rings is 1. The number of ether oxygens (including phenoxy) is 2. The van der Waals surface area contributed by atoms with E-state index in [1.54, 1.807) is 7.11 Å². The Labute approximate surface area is 135 Å². The highest BCUT2D eigenvalue weighted by Gasteiger charge is 2.36. The first-order chi connectivity index (χ1) is 10.9. The molecule has 1 aromatic carbocycles. The number of carbonyl (C=O) groups excluding carboxylic acids is 1. The van der Waals surface area contributed by atoms with Gasteiger partial charge in [0.15, 0.2) is 0 Å². The third-order valence-corrected chi connectivity index (χ3v) is 4.18. The summed E-state index contributed by atoms with van der Waals surface area (Å²) in [5.41, 5.74) is 1.13. The van der Waals surface area contributed by atoms with Crippen LogP contribution in [0.15, 0.2) is 18.2 Å². The molecule has 0 radical (unpaired) electrons. The predicted molar refractivity (Wildman–Crippen MR) is 84.6 cm³/mol. The molecule has 1 saturated heterocycles. The number of nitrogens with one attached hydrogen (secondary N) is 1. The molecule has 2 rings (SSSR count). The van der Waals surface area contributed by atoms with Crippen LogP contribution in [0.2, 0.25) is 0 Å². The SMILES string of the molecule is COc1cc(CC(=O)NC2(CC(=O)O)CCOCC2)ccc1C. The monoisotopic (exact) mass is 321 g/mol. The van der Waals surface area contributed by atoms with Crippen molar-refractivity contribution in [3.05, 3.63) is 29.3 Å². The lowest BCUT2D eigenvalue weighted by Gasteiger charge is -2.36. The summed E-state index contributed by atoms with van der Waals surface area (Å²) in [4.78, 5) is 23.5. The summed E-state index contributed by atoms with van der Waals surface area (Å²) in [6.07, 6.45) is 1.14. The van der Waals surface area contributed by atoms with Crippen molar-refractivity contribution in [2.45, 2.75) is 38.1 Å². The van der Waals surface area contributed by atoms with Gasteiger partial charge in [0.05, 0.1) is 25.5 Å². The third kappa shape index (κ3) is 4.69. The molecule has 1 aliphatic rings. The molecule has 0 unspecified atom stereocenters. The van der Waals surface area contributed by atoms with Crippen LogP contribution in [0.4, 0.5) is 0 Å². The molecule has 0 bridgehead atoms. The molecule has 1 aliphatic heterocycles. The van der Waals surface area contributed by atoms with E-state index in [1.165, 1.54) is 0 Å². The lowest BCUT2D eigenvalue weighted by Crippen LogP contribution is -2.53. The molecule has 0 aromatic heterocycles. The molecule has 6 nitrogen and oxygen atoms in total. The van der Waals surface area contributed by atoms with Crippen molar-refractivity contribution in [1.82, 2.24) is 5.32 Å². The van der Waals surface area contributed by atoms with Gasteiger partial charge in [-0.2, -0.15) is 0 Å². The second kappa shape index (κ2) is 7.46. The fourth-order valence-corrected chi connectivity index (χ4v) is 2.90.